The van der Waals surface area contributed by atoms with Crippen LogP contribution in [0.3, 0.4) is 0 Å². The second-order valence-electron chi connectivity index (χ2n) is 3.61. The van der Waals surface area contributed by atoms with Crippen molar-refractivity contribution in [2.45, 2.75) is 12.6 Å². The van der Waals surface area contributed by atoms with Crippen LogP contribution >= 0.6 is 11.6 Å². The molecule has 2 heterocycles. The van der Waals surface area contributed by atoms with Crippen molar-refractivity contribution in [3.8, 4) is 0 Å². The molecular weight excluding hydrogens is 283 g/mol. The van der Waals surface area contributed by atoms with Crippen molar-refractivity contribution in [1.82, 2.24) is 19.9 Å². The molecule has 0 amide bonds. The van der Waals surface area contributed by atoms with Crippen LogP contribution in [-0.2, 0) is 12.6 Å². The fourth-order valence-corrected chi connectivity index (χ4v) is 1.56. The number of halogens is 4. The minimum atomic E-state index is -4.62. The van der Waals surface area contributed by atoms with E-state index in [-0.39, 0.29) is 11.0 Å². The molecule has 0 aliphatic rings. The predicted octanol–water partition coefficient (Wildman–Crippen LogP) is 2.53. The second-order valence-corrected chi connectivity index (χ2v) is 4.00. The molecule has 2 aromatic heterocycles. The van der Waals surface area contributed by atoms with Gasteiger partial charge in [-0.2, -0.15) is 13.2 Å². The first-order valence-electron chi connectivity index (χ1n) is 5.29. The highest BCUT2D eigenvalue weighted by molar-refractivity contribution is 6.29. The summed E-state index contributed by atoms with van der Waals surface area (Å²) in [7, 11) is 0. The first-order valence-corrected chi connectivity index (χ1v) is 5.67. The second kappa shape index (κ2) is 5.43. The van der Waals surface area contributed by atoms with Crippen molar-refractivity contribution in [1.29, 1.82) is 0 Å². The van der Waals surface area contributed by atoms with Crippen molar-refractivity contribution in [3.05, 3.63) is 35.3 Å². The minimum Gasteiger partial charge on any atom is -0.369 e. The number of nitrogens with zero attached hydrogens (tertiary/aromatic N) is 3. The summed E-state index contributed by atoms with van der Waals surface area (Å²) in [6.07, 6.45) is -0.838. The molecule has 0 aliphatic carbocycles. The standard InChI is InChI=1S/C10H9ClF3N5/c11-6-5-8(19-9(18-6)10(12,13)14)15-2-1-7-16-3-4-17-7/h3-5H,1-2H2,(H,16,17)(H,15,18,19). The monoisotopic (exact) mass is 291 g/mol. The zero-order chi connectivity index (χ0) is 13.9. The lowest BCUT2D eigenvalue weighted by molar-refractivity contribution is -0.144. The molecule has 0 atom stereocenters. The molecule has 0 radical (unpaired) electrons. The highest BCUT2D eigenvalue weighted by Gasteiger charge is 2.35. The third-order valence-electron chi connectivity index (χ3n) is 2.17. The van der Waals surface area contributed by atoms with E-state index in [1.165, 1.54) is 6.07 Å². The zero-order valence-electron chi connectivity index (χ0n) is 9.50. The molecule has 9 heteroatoms. The van der Waals surface area contributed by atoms with Gasteiger partial charge in [0.05, 0.1) is 0 Å². The van der Waals surface area contributed by atoms with Crippen LogP contribution in [0, 0.1) is 0 Å². The molecule has 0 unspecified atom stereocenters. The Bertz CT molecular complexity index is 541. The number of imidazole rings is 1. The number of aromatic nitrogens is 4. The van der Waals surface area contributed by atoms with Crippen molar-refractivity contribution in [2.24, 2.45) is 0 Å². The van der Waals surface area contributed by atoms with E-state index in [0.29, 0.717) is 13.0 Å². The number of nitrogens with one attached hydrogen (secondary N) is 2. The number of H-pyrrole nitrogens is 1. The van der Waals surface area contributed by atoms with E-state index in [1.807, 2.05) is 0 Å². The van der Waals surface area contributed by atoms with Gasteiger partial charge in [-0.05, 0) is 0 Å². The Morgan fingerprint density at radius 3 is 2.74 bits per heavy atom. The van der Waals surface area contributed by atoms with E-state index < -0.39 is 12.0 Å². The molecule has 0 aromatic carbocycles. The van der Waals surface area contributed by atoms with Gasteiger partial charge < -0.3 is 10.3 Å². The Morgan fingerprint density at radius 1 is 1.32 bits per heavy atom. The Labute approximate surface area is 111 Å². The van der Waals surface area contributed by atoms with Crippen molar-refractivity contribution in [3.63, 3.8) is 0 Å². The summed E-state index contributed by atoms with van der Waals surface area (Å²) in [5.41, 5.74) is 0. The average Bonchev–Trinajstić information content (AvgIpc) is 2.80. The van der Waals surface area contributed by atoms with Gasteiger partial charge in [0, 0.05) is 31.4 Å². The maximum absolute atomic E-state index is 12.5. The third kappa shape index (κ3) is 3.82. The molecule has 2 rings (SSSR count). The number of hydrogen-bond donors (Lipinski definition) is 2. The van der Waals surface area contributed by atoms with Gasteiger partial charge in [0.15, 0.2) is 0 Å². The first kappa shape index (κ1) is 13.6. The lowest BCUT2D eigenvalue weighted by Gasteiger charge is -2.09. The summed E-state index contributed by atoms with van der Waals surface area (Å²) in [6, 6.07) is 1.24. The van der Waals surface area contributed by atoms with Crippen molar-refractivity contribution in [2.75, 3.05) is 11.9 Å². The number of rotatable bonds is 4. The van der Waals surface area contributed by atoms with Crippen molar-refractivity contribution < 1.29 is 13.2 Å². The van der Waals surface area contributed by atoms with Gasteiger partial charge in [-0.25, -0.2) is 15.0 Å². The number of alkyl halides is 3. The molecule has 0 saturated heterocycles. The zero-order valence-corrected chi connectivity index (χ0v) is 10.3. The highest BCUT2D eigenvalue weighted by atomic mass is 35.5. The molecule has 102 valence electrons. The molecule has 5 nitrogen and oxygen atoms in total. The van der Waals surface area contributed by atoms with Crippen molar-refractivity contribution >= 4 is 17.4 Å². The first-order chi connectivity index (χ1) is 8.95. The minimum absolute atomic E-state index is 0.0267. The topological polar surface area (TPSA) is 66.5 Å². The summed E-state index contributed by atoms with van der Waals surface area (Å²) in [5, 5.41) is 2.48. The van der Waals surface area contributed by atoms with Gasteiger partial charge >= 0.3 is 6.18 Å². The third-order valence-corrected chi connectivity index (χ3v) is 2.36. The smallest absolute Gasteiger partial charge is 0.369 e. The SMILES string of the molecule is FC(F)(F)c1nc(Cl)cc(NCCc2ncc[nH]2)n1. The molecule has 2 N–H and O–H groups in total. The molecule has 2 aromatic rings. The molecule has 0 fully saturated rings. The van der Waals surface area contributed by atoms with E-state index in [9.17, 15) is 13.2 Å². The van der Waals surface area contributed by atoms with E-state index in [0.717, 1.165) is 5.82 Å². The summed E-state index contributed by atoms with van der Waals surface area (Å²) < 4.78 is 37.4. The van der Waals surface area contributed by atoms with Gasteiger partial charge in [-0.15, -0.1) is 0 Å². The van der Waals surface area contributed by atoms with Crippen LogP contribution in [0.2, 0.25) is 5.15 Å². The molecule has 0 spiro atoms. The van der Waals surface area contributed by atoms with E-state index in [1.54, 1.807) is 12.4 Å². The molecule has 0 aliphatic heterocycles. The summed E-state index contributed by atoms with van der Waals surface area (Å²) in [6.45, 7) is 0.373. The Hall–Kier alpha value is -1.83. The lowest BCUT2D eigenvalue weighted by Crippen LogP contribution is -2.14. The maximum atomic E-state index is 12.5. The van der Waals surface area contributed by atoms with Crippen LogP contribution < -0.4 is 5.32 Å². The number of anilines is 1. The summed E-state index contributed by atoms with van der Waals surface area (Å²) >= 11 is 5.52. The number of aromatic amines is 1. The molecular formula is C10H9ClF3N5. The van der Waals surface area contributed by atoms with E-state index >= 15 is 0 Å². The number of hydrogen-bond acceptors (Lipinski definition) is 4. The average molecular weight is 292 g/mol. The predicted molar refractivity (Wildman–Crippen MR) is 62.8 cm³/mol. The Kier molecular flexibility index (Phi) is 3.89. The van der Waals surface area contributed by atoms with Crippen LogP contribution in [0.5, 0.6) is 0 Å². The van der Waals surface area contributed by atoms with Crippen LogP contribution in [-0.4, -0.2) is 26.5 Å². The van der Waals surface area contributed by atoms with Crippen LogP contribution in [0.15, 0.2) is 18.5 Å². The van der Waals surface area contributed by atoms with Gasteiger partial charge in [0.25, 0.3) is 0 Å². The van der Waals surface area contributed by atoms with E-state index in [2.05, 4.69) is 25.3 Å². The maximum Gasteiger partial charge on any atom is 0.451 e. The lowest BCUT2D eigenvalue weighted by atomic mass is 10.4. The Balaban J connectivity index is 2.02. The van der Waals surface area contributed by atoms with E-state index in [4.69, 9.17) is 11.6 Å². The van der Waals surface area contributed by atoms with Crippen LogP contribution in [0.25, 0.3) is 0 Å². The van der Waals surface area contributed by atoms with Crippen LogP contribution in [0.4, 0.5) is 19.0 Å². The fraction of sp³-hybridized carbons (Fsp3) is 0.300. The molecule has 0 saturated carbocycles. The summed E-state index contributed by atoms with van der Waals surface area (Å²) in [5.74, 6) is -0.511. The van der Waals surface area contributed by atoms with Gasteiger partial charge in [-0.1, -0.05) is 11.6 Å². The largest absolute Gasteiger partial charge is 0.451 e. The van der Waals surface area contributed by atoms with Gasteiger partial charge in [-0.3, -0.25) is 0 Å². The highest BCUT2D eigenvalue weighted by Crippen LogP contribution is 2.28. The van der Waals surface area contributed by atoms with Gasteiger partial charge in [0.1, 0.15) is 16.8 Å². The Morgan fingerprint density at radius 2 is 2.11 bits per heavy atom. The summed E-state index contributed by atoms with van der Waals surface area (Å²) in [4.78, 5) is 13.4. The normalized spacial score (nSPS) is 11.6. The fourth-order valence-electron chi connectivity index (χ4n) is 1.38. The van der Waals surface area contributed by atoms with Crippen LogP contribution in [0.1, 0.15) is 11.6 Å². The molecule has 0 bridgehead atoms. The van der Waals surface area contributed by atoms with Gasteiger partial charge in [0.2, 0.25) is 5.82 Å². The quantitative estimate of drug-likeness (QED) is 0.850. The molecule has 19 heavy (non-hydrogen) atoms.